The summed E-state index contributed by atoms with van der Waals surface area (Å²) in [6, 6.07) is 0. The second-order valence-electron chi connectivity index (χ2n) is 4.49. The van der Waals surface area contributed by atoms with Gasteiger partial charge in [0.2, 0.25) is 6.33 Å². The Hall–Kier alpha value is -1.32. The van der Waals surface area contributed by atoms with Gasteiger partial charge in [-0.05, 0) is 12.8 Å². The molecule has 1 aromatic heterocycles. The minimum Gasteiger partial charge on any atom is -0.478 e. The fourth-order valence-electron chi connectivity index (χ4n) is 1.90. The molecule has 0 aliphatic carbocycles. The van der Waals surface area contributed by atoms with Crippen molar-refractivity contribution in [1.29, 1.82) is 0 Å². The molecule has 1 heterocycles. The Morgan fingerprint density at radius 3 is 2.65 bits per heavy atom. The van der Waals surface area contributed by atoms with Gasteiger partial charge in [-0.1, -0.05) is 32.6 Å². The van der Waals surface area contributed by atoms with Gasteiger partial charge in [-0.2, -0.15) is 0 Å². The van der Waals surface area contributed by atoms with Crippen LogP contribution in [0.3, 0.4) is 0 Å². The molecule has 0 unspecified atom stereocenters. The molecule has 0 aliphatic rings. The second-order valence-corrected chi connectivity index (χ2v) is 4.49. The lowest BCUT2D eigenvalue weighted by Crippen LogP contribution is -2.35. The van der Waals surface area contributed by atoms with Gasteiger partial charge >= 0.3 is 5.97 Å². The standard InChI is InChI=1S/C13H22N2O2/c1-2-3-4-5-6-7-8-14-9-10-15(12-14)11-13(16)17/h9-10,12H,2-8,11H2,1H3/p+1. The third-order valence-electron chi connectivity index (χ3n) is 2.83. The smallest absolute Gasteiger partial charge is 0.346 e. The van der Waals surface area contributed by atoms with Crippen molar-refractivity contribution in [1.82, 2.24) is 4.57 Å². The number of aryl methyl sites for hydroxylation is 1. The molecule has 0 fully saturated rings. The van der Waals surface area contributed by atoms with Gasteiger partial charge in [0.05, 0.1) is 6.54 Å². The van der Waals surface area contributed by atoms with E-state index >= 15 is 0 Å². The quantitative estimate of drug-likeness (QED) is 0.530. The summed E-state index contributed by atoms with van der Waals surface area (Å²) in [5.74, 6) is -0.799. The van der Waals surface area contributed by atoms with E-state index in [9.17, 15) is 4.79 Å². The number of carboxylic acid groups (broad SMARTS) is 1. The number of carbonyl (C=O) groups is 1. The highest BCUT2D eigenvalue weighted by molar-refractivity contribution is 5.64. The van der Waals surface area contributed by atoms with Crippen molar-refractivity contribution in [3.8, 4) is 0 Å². The zero-order chi connectivity index (χ0) is 12.5. The van der Waals surface area contributed by atoms with Gasteiger partial charge in [0.1, 0.15) is 12.4 Å². The summed E-state index contributed by atoms with van der Waals surface area (Å²) in [5.41, 5.74) is 0. The SMILES string of the molecule is CCCCCCCCn1cc[n+](CC(=O)O)c1. The van der Waals surface area contributed by atoms with Crippen LogP contribution in [-0.2, 0) is 17.9 Å². The Labute approximate surface area is 103 Å². The molecule has 0 spiro atoms. The van der Waals surface area contributed by atoms with Gasteiger partial charge in [-0.25, -0.2) is 13.9 Å². The lowest BCUT2D eigenvalue weighted by Gasteiger charge is -1.98. The summed E-state index contributed by atoms with van der Waals surface area (Å²) < 4.78 is 3.75. The summed E-state index contributed by atoms with van der Waals surface area (Å²) in [4.78, 5) is 10.5. The third kappa shape index (κ3) is 6.09. The van der Waals surface area contributed by atoms with E-state index in [1.54, 1.807) is 4.57 Å². The second kappa shape index (κ2) is 7.87. The highest BCUT2D eigenvalue weighted by Gasteiger charge is 2.06. The zero-order valence-electron chi connectivity index (χ0n) is 10.6. The predicted octanol–water partition coefficient (Wildman–Crippen LogP) is 2.22. The number of nitrogens with zero attached hydrogens (tertiary/aromatic N) is 2. The molecule has 0 radical (unpaired) electrons. The number of hydrogen-bond acceptors (Lipinski definition) is 1. The minimum atomic E-state index is -0.799. The molecule has 17 heavy (non-hydrogen) atoms. The Kier molecular flexibility index (Phi) is 6.37. The van der Waals surface area contributed by atoms with Gasteiger partial charge in [0.25, 0.3) is 0 Å². The molecule has 1 aromatic rings. The van der Waals surface area contributed by atoms with Crippen LogP contribution in [0.5, 0.6) is 0 Å². The Morgan fingerprint density at radius 2 is 1.94 bits per heavy atom. The summed E-state index contributed by atoms with van der Waals surface area (Å²) >= 11 is 0. The first-order chi connectivity index (χ1) is 8.22. The molecule has 1 rings (SSSR count). The maximum absolute atomic E-state index is 10.5. The molecule has 0 aliphatic heterocycles. The van der Waals surface area contributed by atoms with Crippen molar-refractivity contribution >= 4 is 5.97 Å². The lowest BCUT2D eigenvalue weighted by atomic mass is 10.1. The van der Waals surface area contributed by atoms with E-state index in [1.165, 1.54) is 38.5 Å². The molecule has 1 N–H and O–H groups in total. The molecule has 0 saturated heterocycles. The largest absolute Gasteiger partial charge is 0.478 e. The molecule has 0 aromatic carbocycles. The van der Waals surface area contributed by atoms with E-state index in [1.807, 2.05) is 18.7 Å². The van der Waals surface area contributed by atoms with Crippen LogP contribution in [0.4, 0.5) is 0 Å². The minimum absolute atomic E-state index is 0.0451. The highest BCUT2D eigenvalue weighted by atomic mass is 16.4. The van der Waals surface area contributed by atoms with Crippen molar-refractivity contribution in [3.05, 3.63) is 18.7 Å². The summed E-state index contributed by atoms with van der Waals surface area (Å²) in [7, 11) is 0. The first-order valence-electron chi connectivity index (χ1n) is 6.49. The van der Waals surface area contributed by atoms with Crippen LogP contribution < -0.4 is 4.57 Å². The first-order valence-corrected chi connectivity index (χ1v) is 6.49. The lowest BCUT2D eigenvalue weighted by molar-refractivity contribution is -0.685. The van der Waals surface area contributed by atoms with Gasteiger partial charge in [-0.3, -0.25) is 0 Å². The molecule has 0 saturated carbocycles. The molecular formula is C13H23N2O2+. The highest BCUT2D eigenvalue weighted by Crippen LogP contribution is 2.05. The van der Waals surface area contributed by atoms with Gasteiger partial charge in [0.15, 0.2) is 6.54 Å². The van der Waals surface area contributed by atoms with Gasteiger partial charge < -0.3 is 5.11 Å². The first kappa shape index (κ1) is 13.7. The number of aromatic nitrogens is 2. The number of aliphatic carboxylic acids is 1. The fraction of sp³-hybridized carbons (Fsp3) is 0.692. The summed E-state index contributed by atoms with van der Waals surface area (Å²) in [6.45, 7) is 3.25. The molecule has 0 bridgehead atoms. The van der Waals surface area contributed by atoms with Crippen LogP contribution in [-0.4, -0.2) is 15.6 Å². The van der Waals surface area contributed by atoms with Crippen LogP contribution in [0.15, 0.2) is 18.7 Å². The Bertz CT molecular complexity index is 334. The third-order valence-corrected chi connectivity index (χ3v) is 2.83. The van der Waals surface area contributed by atoms with E-state index in [0.717, 1.165) is 6.54 Å². The zero-order valence-corrected chi connectivity index (χ0v) is 10.6. The van der Waals surface area contributed by atoms with Crippen LogP contribution in [0.2, 0.25) is 0 Å². The van der Waals surface area contributed by atoms with Crippen LogP contribution in [0.1, 0.15) is 45.4 Å². The molecular weight excluding hydrogens is 216 g/mol. The van der Waals surface area contributed by atoms with Crippen molar-refractivity contribution in [2.75, 3.05) is 0 Å². The van der Waals surface area contributed by atoms with Crippen molar-refractivity contribution in [3.63, 3.8) is 0 Å². The monoisotopic (exact) mass is 239 g/mol. The van der Waals surface area contributed by atoms with E-state index in [2.05, 4.69) is 11.5 Å². The molecule has 96 valence electrons. The Balaban J connectivity index is 2.14. The van der Waals surface area contributed by atoms with Crippen LogP contribution >= 0.6 is 0 Å². The van der Waals surface area contributed by atoms with E-state index in [0.29, 0.717) is 0 Å². The van der Waals surface area contributed by atoms with Crippen LogP contribution in [0.25, 0.3) is 0 Å². The number of carboxylic acids is 1. The maximum Gasteiger partial charge on any atom is 0.346 e. The maximum atomic E-state index is 10.5. The van der Waals surface area contributed by atoms with E-state index < -0.39 is 5.97 Å². The van der Waals surface area contributed by atoms with Gasteiger partial charge in [0, 0.05) is 0 Å². The molecule has 4 heteroatoms. The topological polar surface area (TPSA) is 46.1 Å². The van der Waals surface area contributed by atoms with Crippen molar-refractivity contribution < 1.29 is 14.5 Å². The summed E-state index contributed by atoms with van der Waals surface area (Å²) in [5, 5.41) is 8.64. The van der Waals surface area contributed by atoms with Gasteiger partial charge in [-0.15, -0.1) is 0 Å². The normalized spacial score (nSPS) is 10.6. The molecule has 4 nitrogen and oxygen atoms in total. The number of unbranched alkanes of at least 4 members (excludes halogenated alkanes) is 5. The van der Waals surface area contributed by atoms with E-state index in [-0.39, 0.29) is 6.54 Å². The van der Waals surface area contributed by atoms with E-state index in [4.69, 9.17) is 5.11 Å². The predicted molar refractivity (Wildman–Crippen MR) is 65.6 cm³/mol. The Morgan fingerprint density at radius 1 is 1.24 bits per heavy atom. The molecule has 0 atom stereocenters. The molecule has 0 amide bonds. The average molecular weight is 239 g/mol. The number of hydrogen-bond donors (Lipinski definition) is 1. The van der Waals surface area contributed by atoms with Crippen LogP contribution in [0, 0.1) is 0 Å². The summed E-state index contributed by atoms with van der Waals surface area (Å²) in [6.07, 6.45) is 13.3. The number of imidazole rings is 1. The van der Waals surface area contributed by atoms with Crippen molar-refractivity contribution in [2.45, 2.75) is 58.5 Å². The van der Waals surface area contributed by atoms with Crippen molar-refractivity contribution in [2.24, 2.45) is 0 Å². The average Bonchev–Trinajstić information content (AvgIpc) is 2.70. The number of rotatable bonds is 9. The fourth-order valence-corrected chi connectivity index (χ4v) is 1.90.